The maximum atomic E-state index is 12.5. The number of aromatic amines is 1. The van der Waals surface area contributed by atoms with Crippen LogP contribution < -0.4 is 5.32 Å². The number of nitrogens with zero attached hydrogens (tertiary/aromatic N) is 2. The van der Waals surface area contributed by atoms with Crippen molar-refractivity contribution in [3.8, 4) is 0 Å². The van der Waals surface area contributed by atoms with Crippen LogP contribution in [0.25, 0.3) is 10.9 Å². The number of likely N-dealkylation sites (tertiary alicyclic amines) is 1. The van der Waals surface area contributed by atoms with Gasteiger partial charge >= 0.3 is 6.03 Å². The minimum atomic E-state index is -0.486. The van der Waals surface area contributed by atoms with Gasteiger partial charge in [-0.1, -0.05) is 43.1 Å². The number of imide groups is 1. The van der Waals surface area contributed by atoms with Crippen LogP contribution in [0.3, 0.4) is 0 Å². The monoisotopic (exact) mass is 434 g/mol. The van der Waals surface area contributed by atoms with Gasteiger partial charge in [0.25, 0.3) is 5.91 Å². The lowest BCUT2D eigenvalue weighted by molar-refractivity contribution is 0.0943. The Morgan fingerprint density at radius 2 is 2.00 bits per heavy atom. The second kappa shape index (κ2) is 8.05. The topological polar surface area (TPSA) is 68.4 Å². The minimum Gasteiger partial charge on any atom is -0.361 e. The fourth-order valence-electron chi connectivity index (χ4n) is 5.34. The van der Waals surface area contributed by atoms with Gasteiger partial charge in [-0.05, 0) is 55.1 Å². The van der Waals surface area contributed by atoms with Gasteiger partial charge in [0.1, 0.15) is 0 Å². The third-order valence-corrected chi connectivity index (χ3v) is 7.08. The smallest absolute Gasteiger partial charge is 0.334 e. The molecule has 0 spiro atoms. The Bertz CT molecular complexity index is 1130. The molecule has 2 N–H and O–H groups in total. The number of fused-ring (bicyclic) bond motifs is 2. The fraction of sp³-hybridized carbons (Fsp3) is 0.333. The summed E-state index contributed by atoms with van der Waals surface area (Å²) in [5.74, 6) is 0.285. The van der Waals surface area contributed by atoms with E-state index in [-0.39, 0.29) is 5.92 Å². The van der Waals surface area contributed by atoms with Crippen LogP contribution >= 0.6 is 12.8 Å². The average molecular weight is 435 g/mol. The standard InChI is InChI=1S/C24H26N4O2S/c1-27-13-15(14-28(31)24(30)26-23(29)16-6-3-2-4-7-16)10-19-18-8-5-9-20-22(18)17(12-25-20)11-21(19)27/h2-9,12,15,19,21,25,31H,10-11,13-14H2,1H3,(H,26,29,30)/t15?,19-,21+/m0/s1. The number of piperidine rings is 1. The molecule has 31 heavy (non-hydrogen) atoms. The Morgan fingerprint density at radius 1 is 1.19 bits per heavy atom. The number of benzene rings is 2. The number of amides is 3. The van der Waals surface area contributed by atoms with E-state index in [9.17, 15) is 9.59 Å². The van der Waals surface area contributed by atoms with E-state index in [1.54, 1.807) is 24.3 Å². The summed E-state index contributed by atoms with van der Waals surface area (Å²) >= 11 is 4.40. The number of rotatable bonds is 3. The van der Waals surface area contributed by atoms with Crippen LogP contribution in [0.2, 0.25) is 0 Å². The molecule has 3 aromatic rings. The zero-order valence-electron chi connectivity index (χ0n) is 17.4. The van der Waals surface area contributed by atoms with Crippen molar-refractivity contribution < 1.29 is 9.59 Å². The Labute approximate surface area is 187 Å². The number of hydrogen-bond acceptors (Lipinski definition) is 4. The summed E-state index contributed by atoms with van der Waals surface area (Å²) in [6.07, 6.45) is 4.19. The second-order valence-electron chi connectivity index (χ2n) is 8.71. The zero-order valence-corrected chi connectivity index (χ0v) is 18.3. The first kappa shape index (κ1) is 20.2. The van der Waals surface area contributed by atoms with Crippen LogP contribution in [0, 0.1) is 5.92 Å². The summed E-state index contributed by atoms with van der Waals surface area (Å²) in [5.41, 5.74) is 4.45. The Balaban J connectivity index is 1.28. The largest absolute Gasteiger partial charge is 0.361 e. The molecule has 0 bridgehead atoms. The minimum absolute atomic E-state index is 0.275. The molecule has 3 amide bonds. The van der Waals surface area contributed by atoms with E-state index in [2.05, 4.69) is 59.5 Å². The van der Waals surface area contributed by atoms with Crippen LogP contribution in [0.4, 0.5) is 4.79 Å². The lowest BCUT2D eigenvalue weighted by atomic mass is 9.72. The van der Waals surface area contributed by atoms with E-state index in [1.807, 2.05) is 6.07 Å². The molecular formula is C24H26N4O2S. The fourth-order valence-corrected chi connectivity index (χ4v) is 5.62. The van der Waals surface area contributed by atoms with Gasteiger partial charge in [-0.25, -0.2) is 4.79 Å². The number of nitrogens with one attached hydrogen (secondary N) is 2. The van der Waals surface area contributed by atoms with Crippen LogP contribution in [0.1, 0.15) is 33.8 Å². The normalized spacial score (nSPS) is 22.7. The molecule has 6 nitrogen and oxygen atoms in total. The lowest BCUT2D eigenvalue weighted by Crippen LogP contribution is -2.50. The molecule has 7 heteroatoms. The molecule has 2 aliphatic rings. The number of H-pyrrole nitrogens is 1. The van der Waals surface area contributed by atoms with Crippen molar-refractivity contribution >= 4 is 35.7 Å². The number of carbonyl (C=O) groups is 2. The summed E-state index contributed by atoms with van der Waals surface area (Å²) in [4.78, 5) is 30.7. The summed E-state index contributed by atoms with van der Waals surface area (Å²) in [6, 6.07) is 15.2. The molecule has 1 aliphatic carbocycles. The van der Waals surface area contributed by atoms with E-state index in [0.717, 1.165) is 19.4 Å². The van der Waals surface area contributed by atoms with Crippen molar-refractivity contribution in [3.63, 3.8) is 0 Å². The predicted molar refractivity (Wildman–Crippen MR) is 124 cm³/mol. The maximum absolute atomic E-state index is 12.5. The molecule has 1 unspecified atom stereocenters. The third-order valence-electron chi connectivity index (χ3n) is 6.73. The lowest BCUT2D eigenvalue weighted by Gasteiger charge is -2.46. The third kappa shape index (κ3) is 3.72. The SMILES string of the molecule is CN1CC(CN(S)C(=O)NC(=O)c2ccccc2)C[C@H]2c3cccc4[nH]cc(c34)C[C@H]21. The molecular weight excluding hydrogens is 408 g/mol. The van der Waals surface area contributed by atoms with Crippen molar-refractivity contribution in [1.29, 1.82) is 0 Å². The quantitative estimate of drug-likeness (QED) is 0.549. The Kier molecular flexibility index (Phi) is 5.24. The van der Waals surface area contributed by atoms with Gasteiger partial charge in [0.05, 0.1) is 0 Å². The predicted octanol–water partition coefficient (Wildman–Crippen LogP) is 3.82. The van der Waals surface area contributed by atoms with E-state index in [0.29, 0.717) is 24.1 Å². The van der Waals surface area contributed by atoms with Crippen molar-refractivity contribution in [2.24, 2.45) is 5.92 Å². The number of hydrogen-bond donors (Lipinski definition) is 3. The van der Waals surface area contributed by atoms with Gasteiger partial charge in [-0.3, -0.25) is 14.4 Å². The highest BCUT2D eigenvalue weighted by Crippen LogP contribution is 2.44. The molecule has 160 valence electrons. The molecule has 0 saturated carbocycles. The van der Waals surface area contributed by atoms with Gasteiger partial charge in [0.15, 0.2) is 0 Å². The Hall–Kier alpha value is -2.77. The number of thiol groups is 1. The van der Waals surface area contributed by atoms with E-state index >= 15 is 0 Å². The highest BCUT2D eigenvalue weighted by molar-refractivity contribution is 7.78. The van der Waals surface area contributed by atoms with Gasteiger partial charge in [0, 0.05) is 47.7 Å². The van der Waals surface area contributed by atoms with E-state index < -0.39 is 11.9 Å². The number of likely N-dealkylation sites (N-methyl/N-ethyl adjacent to an activating group) is 1. The van der Waals surface area contributed by atoms with Gasteiger partial charge in [0.2, 0.25) is 0 Å². The van der Waals surface area contributed by atoms with Gasteiger partial charge in [-0.2, -0.15) is 0 Å². The molecule has 1 fully saturated rings. The number of aromatic nitrogens is 1. The van der Waals surface area contributed by atoms with Crippen LogP contribution in [0.15, 0.2) is 54.7 Å². The molecule has 0 radical (unpaired) electrons. The first-order valence-electron chi connectivity index (χ1n) is 10.7. The zero-order chi connectivity index (χ0) is 21.5. The first-order valence-corrected chi connectivity index (χ1v) is 11.1. The summed E-state index contributed by atoms with van der Waals surface area (Å²) < 4.78 is 1.34. The molecule has 1 aromatic heterocycles. The molecule has 5 rings (SSSR count). The van der Waals surface area contributed by atoms with Crippen LogP contribution in [-0.2, 0) is 6.42 Å². The van der Waals surface area contributed by atoms with Gasteiger partial charge in [-0.15, -0.1) is 0 Å². The summed E-state index contributed by atoms with van der Waals surface area (Å²) in [5, 5.41) is 3.80. The van der Waals surface area contributed by atoms with Crippen molar-refractivity contribution in [1.82, 2.24) is 19.5 Å². The van der Waals surface area contributed by atoms with E-state index in [1.165, 1.54) is 26.3 Å². The van der Waals surface area contributed by atoms with Crippen molar-refractivity contribution in [2.45, 2.75) is 24.8 Å². The molecule has 1 saturated heterocycles. The summed E-state index contributed by atoms with van der Waals surface area (Å²) in [6.45, 7) is 1.38. The number of urea groups is 1. The number of carbonyl (C=O) groups excluding carboxylic acids is 2. The first-order chi connectivity index (χ1) is 15.0. The second-order valence-corrected chi connectivity index (χ2v) is 9.19. The van der Waals surface area contributed by atoms with Crippen LogP contribution in [-0.4, -0.2) is 52.3 Å². The van der Waals surface area contributed by atoms with Crippen molar-refractivity contribution in [3.05, 3.63) is 71.4 Å². The highest BCUT2D eigenvalue weighted by Gasteiger charge is 2.39. The average Bonchev–Trinajstić information content (AvgIpc) is 3.19. The summed E-state index contributed by atoms with van der Waals surface area (Å²) in [7, 11) is 2.17. The van der Waals surface area contributed by atoms with E-state index in [4.69, 9.17) is 0 Å². The van der Waals surface area contributed by atoms with Gasteiger partial charge < -0.3 is 9.88 Å². The van der Waals surface area contributed by atoms with Crippen LogP contribution in [0.5, 0.6) is 0 Å². The highest BCUT2D eigenvalue weighted by atomic mass is 32.1. The molecule has 3 atom stereocenters. The molecule has 1 aliphatic heterocycles. The van der Waals surface area contributed by atoms with Crippen molar-refractivity contribution in [2.75, 3.05) is 20.1 Å². The molecule has 2 aromatic carbocycles. The molecule has 2 heterocycles. The maximum Gasteiger partial charge on any atom is 0.334 e. The Morgan fingerprint density at radius 3 is 2.81 bits per heavy atom.